The molecule has 0 radical (unpaired) electrons. The fourth-order valence-electron chi connectivity index (χ4n) is 3.71. The Balaban J connectivity index is 1.84. The number of hydrogen-bond acceptors (Lipinski definition) is 5. The van der Waals surface area contributed by atoms with E-state index in [4.69, 9.17) is 11.1 Å². The number of phenols is 1. The zero-order valence-electron chi connectivity index (χ0n) is 16.8. The third-order valence-corrected chi connectivity index (χ3v) is 5.13. The van der Waals surface area contributed by atoms with Crippen molar-refractivity contribution in [3.8, 4) is 34.0 Å². The molecular formula is C24H18N6O2. The molecule has 0 amide bonds. The summed E-state index contributed by atoms with van der Waals surface area (Å²) in [5, 5.41) is 17.9. The number of imidazole rings is 1. The number of hydrogen-bond donors (Lipinski definition) is 4. The van der Waals surface area contributed by atoms with E-state index in [2.05, 4.69) is 15.0 Å². The van der Waals surface area contributed by atoms with Crippen molar-refractivity contribution >= 4 is 17.0 Å². The van der Waals surface area contributed by atoms with E-state index in [-0.39, 0.29) is 34.3 Å². The van der Waals surface area contributed by atoms with Crippen LogP contribution in [-0.4, -0.2) is 30.5 Å². The smallest absolute Gasteiger partial charge is 0.332 e. The number of aromatic nitrogens is 4. The van der Waals surface area contributed by atoms with Crippen molar-refractivity contribution in [3.63, 3.8) is 0 Å². The van der Waals surface area contributed by atoms with Crippen LogP contribution in [0.3, 0.4) is 0 Å². The van der Waals surface area contributed by atoms with E-state index in [0.29, 0.717) is 11.3 Å². The van der Waals surface area contributed by atoms with Crippen molar-refractivity contribution in [3.05, 3.63) is 95.0 Å². The lowest BCUT2D eigenvalue weighted by Gasteiger charge is -2.11. The summed E-state index contributed by atoms with van der Waals surface area (Å²) in [6.07, 6.45) is 0. The fourth-order valence-corrected chi connectivity index (χ4v) is 3.71. The van der Waals surface area contributed by atoms with E-state index in [9.17, 15) is 9.90 Å². The zero-order chi connectivity index (χ0) is 22.2. The Labute approximate surface area is 182 Å². The molecule has 0 fully saturated rings. The van der Waals surface area contributed by atoms with Crippen LogP contribution in [0.15, 0.2) is 83.7 Å². The third-order valence-electron chi connectivity index (χ3n) is 5.13. The Morgan fingerprint density at radius 2 is 1.66 bits per heavy atom. The van der Waals surface area contributed by atoms with Gasteiger partial charge >= 0.3 is 5.69 Å². The maximum atomic E-state index is 13.1. The minimum atomic E-state index is -0.423. The summed E-state index contributed by atoms with van der Waals surface area (Å²) in [5.74, 6) is -0.0106. The predicted molar refractivity (Wildman–Crippen MR) is 123 cm³/mol. The van der Waals surface area contributed by atoms with Crippen molar-refractivity contribution < 1.29 is 5.11 Å². The van der Waals surface area contributed by atoms with Gasteiger partial charge in [0, 0.05) is 11.1 Å². The summed E-state index contributed by atoms with van der Waals surface area (Å²) in [6.45, 7) is 0. The number of rotatable bonds is 4. The SMILES string of the molecule is N=C(N)c1nc(-c2cccc(O)c2)nc2c1[nH]c(=O)n2-c1ccccc1-c1ccccc1. The number of nitrogen functional groups attached to an aromatic ring is 1. The Morgan fingerprint density at radius 3 is 2.41 bits per heavy atom. The maximum absolute atomic E-state index is 13.1. The van der Waals surface area contributed by atoms with E-state index in [0.717, 1.165) is 11.1 Å². The summed E-state index contributed by atoms with van der Waals surface area (Å²) >= 11 is 0. The van der Waals surface area contributed by atoms with Gasteiger partial charge in [-0.25, -0.2) is 19.3 Å². The molecule has 8 nitrogen and oxygen atoms in total. The molecular weight excluding hydrogens is 404 g/mol. The first-order valence-corrected chi connectivity index (χ1v) is 9.84. The van der Waals surface area contributed by atoms with Crippen molar-refractivity contribution in [2.75, 3.05) is 0 Å². The number of nitrogens with one attached hydrogen (secondary N) is 2. The molecule has 5 N–H and O–H groups in total. The molecule has 2 heterocycles. The molecule has 0 saturated heterocycles. The Morgan fingerprint density at radius 1 is 0.938 bits per heavy atom. The van der Waals surface area contributed by atoms with Gasteiger partial charge in [0.2, 0.25) is 0 Å². The number of H-pyrrole nitrogens is 1. The van der Waals surface area contributed by atoms with Crippen molar-refractivity contribution in [2.24, 2.45) is 5.73 Å². The largest absolute Gasteiger partial charge is 0.508 e. The first-order valence-electron chi connectivity index (χ1n) is 9.84. The number of fused-ring (bicyclic) bond motifs is 1. The highest BCUT2D eigenvalue weighted by molar-refractivity contribution is 6.03. The second kappa shape index (κ2) is 7.51. The number of nitrogens with zero attached hydrogens (tertiary/aromatic N) is 3. The molecule has 32 heavy (non-hydrogen) atoms. The van der Waals surface area contributed by atoms with Crippen molar-refractivity contribution in [1.29, 1.82) is 5.41 Å². The second-order valence-electron chi connectivity index (χ2n) is 7.21. The molecule has 5 rings (SSSR count). The number of phenolic OH excluding ortho intramolecular Hbond substituents is 1. The number of benzene rings is 3. The standard InChI is InChI=1S/C24H18N6O2/c25-21(26)19-20-23(29-22(27-19)15-9-6-10-16(31)13-15)30(24(32)28-20)18-12-5-4-11-17(18)14-7-2-1-3-8-14/h1-13,31H,(H3,25,26)(H,28,32). The summed E-state index contributed by atoms with van der Waals surface area (Å²) in [7, 11) is 0. The van der Waals surface area contributed by atoms with Gasteiger partial charge in [0.1, 0.15) is 22.8 Å². The van der Waals surface area contributed by atoms with Gasteiger partial charge in [0.15, 0.2) is 11.5 Å². The third kappa shape index (κ3) is 3.20. The molecule has 0 spiro atoms. The van der Waals surface area contributed by atoms with E-state index >= 15 is 0 Å². The topological polar surface area (TPSA) is 134 Å². The van der Waals surface area contributed by atoms with E-state index < -0.39 is 5.69 Å². The minimum absolute atomic E-state index is 0.0523. The number of amidine groups is 1. The van der Waals surface area contributed by atoms with Crippen LogP contribution in [0.25, 0.3) is 39.4 Å². The highest BCUT2D eigenvalue weighted by atomic mass is 16.3. The van der Waals surface area contributed by atoms with Crippen LogP contribution in [-0.2, 0) is 0 Å². The summed E-state index contributed by atoms with van der Waals surface area (Å²) < 4.78 is 1.46. The fraction of sp³-hybridized carbons (Fsp3) is 0. The first-order chi connectivity index (χ1) is 15.5. The molecule has 0 aliphatic carbocycles. The van der Waals surface area contributed by atoms with Gasteiger partial charge in [-0.2, -0.15) is 0 Å². The Bertz CT molecular complexity index is 1540. The van der Waals surface area contributed by atoms with Crippen LogP contribution in [0.4, 0.5) is 0 Å². The Kier molecular flexibility index (Phi) is 4.52. The minimum Gasteiger partial charge on any atom is -0.508 e. The van der Waals surface area contributed by atoms with Crippen LogP contribution in [0.5, 0.6) is 5.75 Å². The van der Waals surface area contributed by atoms with Gasteiger partial charge in [0.25, 0.3) is 0 Å². The maximum Gasteiger partial charge on any atom is 0.332 e. The van der Waals surface area contributed by atoms with Crippen molar-refractivity contribution in [1.82, 2.24) is 19.5 Å². The lowest BCUT2D eigenvalue weighted by atomic mass is 10.0. The molecule has 5 aromatic rings. The highest BCUT2D eigenvalue weighted by Gasteiger charge is 2.20. The summed E-state index contributed by atoms with van der Waals surface area (Å²) in [5.41, 5.74) is 8.99. The van der Waals surface area contributed by atoms with Crippen LogP contribution in [0.1, 0.15) is 5.69 Å². The number of nitrogens with two attached hydrogens (primary N) is 1. The quantitative estimate of drug-likeness (QED) is 0.260. The van der Waals surface area contributed by atoms with Crippen LogP contribution in [0, 0.1) is 5.41 Å². The number of aromatic hydroxyl groups is 1. The molecule has 0 unspecified atom stereocenters. The van der Waals surface area contributed by atoms with Gasteiger partial charge in [-0.05, 0) is 23.8 Å². The van der Waals surface area contributed by atoms with Crippen LogP contribution < -0.4 is 11.4 Å². The molecule has 0 aliphatic rings. The van der Waals surface area contributed by atoms with Gasteiger partial charge in [-0.1, -0.05) is 60.7 Å². The average molecular weight is 422 g/mol. The predicted octanol–water partition coefficient (Wildman–Crippen LogP) is 3.43. The normalized spacial score (nSPS) is 11.0. The molecule has 0 bridgehead atoms. The zero-order valence-corrected chi connectivity index (χ0v) is 16.8. The second-order valence-corrected chi connectivity index (χ2v) is 7.21. The van der Waals surface area contributed by atoms with E-state index in [1.54, 1.807) is 12.1 Å². The lowest BCUT2D eigenvalue weighted by Crippen LogP contribution is -2.16. The monoisotopic (exact) mass is 422 g/mol. The van der Waals surface area contributed by atoms with Crippen LogP contribution in [0.2, 0.25) is 0 Å². The van der Waals surface area contributed by atoms with E-state index in [1.165, 1.54) is 16.7 Å². The number of para-hydroxylation sites is 1. The van der Waals surface area contributed by atoms with Crippen LogP contribution >= 0.6 is 0 Å². The molecule has 3 aromatic carbocycles. The first kappa shape index (κ1) is 19.3. The van der Waals surface area contributed by atoms with Gasteiger partial charge in [-0.3, -0.25) is 5.41 Å². The molecule has 0 aliphatic heterocycles. The van der Waals surface area contributed by atoms with Gasteiger partial charge in [-0.15, -0.1) is 0 Å². The molecule has 2 aromatic heterocycles. The molecule has 0 saturated carbocycles. The average Bonchev–Trinajstić information content (AvgIpc) is 3.14. The summed E-state index contributed by atoms with van der Waals surface area (Å²) in [6, 6.07) is 23.7. The highest BCUT2D eigenvalue weighted by Crippen LogP contribution is 2.29. The molecule has 156 valence electrons. The van der Waals surface area contributed by atoms with Crippen molar-refractivity contribution in [2.45, 2.75) is 0 Å². The van der Waals surface area contributed by atoms with E-state index in [1.807, 2.05) is 54.6 Å². The van der Waals surface area contributed by atoms with Gasteiger partial charge in [0.05, 0.1) is 5.69 Å². The lowest BCUT2D eigenvalue weighted by molar-refractivity contribution is 0.475. The van der Waals surface area contributed by atoms with Gasteiger partial charge < -0.3 is 15.8 Å². The summed E-state index contributed by atoms with van der Waals surface area (Å²) in [4.78, 5) is 24.8. The molecule has 0 atom stereocenters. The Hall–Kier alpha value is -4.72. The molecule has 8 heteroatoms. The number of aromatic amines is 1.